The van der Waals surface area contributed by atoms with E-state index in [0.29, 0.717) is 15.7 Å². The number of anilines is 1. The van der Waals surface area contributed by atoms with Crippen molar-refractivity contribution in [2.24, 2.45) is 9.98 Å². The van der Waals surface area contributed by atoms with Gasteiger partial charge in [-0.2, -0.15) is 0 Å². The predicted molar refractivity (Wildman–Crippen MR) is 128 cm³/mol. The van der Waals surface area contributed by atoms with Crippen molar-refractivity contribution in [1.29, 1.82) is 0 Å². The Hall–Kier alpha value is -1.82. The minimum atomic E-state index is -0.364. The number of nitrogens with one attached hydrogen (secondary N) is 1. The fourth-order valence-electron chi connectivity index (χ4n) is 3.84. The number of carbonyl (C=O) groups excluding carboxylic acids is 1. The molecule has 4 rings (SSSR count). The molecule has 1 aliphatic heterocycles. The van der Waals surface area contributed by atoms with Gasteiger partial charge in [0.1, 0.15) is 5.04 Å². The summed E-state index contributed by atoms with van der Waals surface area (Å²) in [6.45, 7) is 0. The third-order valence-corrected chi connectivity index (χ3v) is 6.86. The molecular formula is C23H23Cl2N3OS. The minimum Gasteiger partial charge on any atom is -0.324 e. The molecule has 7 heteroatoms. The average Bonchev–Trinajstić information content (AvgIpc) is 2.94. The van der Waals surface area contributed by atoms with Crippen LogP contribution in [0.2, 0.25) is 10.0 Å². The Morgan fingerprint density at radius 2 is 1.73 bits per heavy atom. The molecule has 1 spiro atoms. The van der Waals surface area contributed by atoms with E-state index < -0.39 is 0 Å². The van der Waals surface area contributed by atoms with Crippen molar-refractivity contribution >= 4 is 57.3 Å². The SMILES string of the molecule is O=C(CSC1=NC2(CCCCCC2)N=C1c1ccccc1)Nc1cc(Cl)ccc1Cl. The molecule has 156 valence electrons. The normalized spacial score (nSPS) is 17.9. The highest BCUT2D eigenvalue weighted by molar-refractivity contribution is 8.16. The Labute approximate surface area is 191 Å². The summed E-state index contributed by atoms with van der Waals surface area (Å²) < 4.78 is 0. The highest BCUT2D eigenvalue weighted by Gasteiger charge is 2.37. The Morgan fingerprint density at radius 1 is 1.00 bits per heavy atom. The third kappa shape index (κ3) is 5.08. The Bertz CT molecular complexity index is 983. The van der Waals surface area contributed by atoms with Crippen LogP contribution < -0.4 is 5.32 Å². The molecule has 0 bridgehead atoms. The molecule has 1 saturated carbocycles. The fraction of sp³-hybridized carbons (Fsp3) is 0.348. The van der Waals surface area contributed by atoms with Crippen molar-refractivity contribution < 1.29 is 4.79 Å². The molecule has 2 aliphatic rings. The monoisotopic (exact) mass is 459 g/mol. The summed E-state index contributed by atoms with van der Waals surface area (Å²) in [5.41, 5.74) is 2.09. The van der Waals surface area contributed by atoms with E-state index >= 15 is 0 Å². The maximum absolute atomic E-state index is 12.6. The number of aliphatic imine (C=N–C) groups is 2. The van der Waals surface area contributed by atoms with Crippen molar-refractivity contribution in [3.8, 4) is 0 Å². The number of nitrogens with zero attached hydrogens (tertiary/aromatic N) is 2. The van der Waals surface area contributed by atoms with Gasteiger partial charge >= 0.3 is 0 Å². The van der Waals surface area contributed by atoms with Crippen molar-refractivity contribution in [2.45, 2.75) is 44.2 Å². The summed E-state index contributed by atoms with van der Waals surface area (Å²) in [6, 6.07) is 15.1. The van der Waals surface area contributed by atoms with Gasteiger partial charge in [0.15, 0.2) is 5.66 Å². The van der Waals surface area contributed by atoms with Crippen LogP contribution in [0.4, 0.5) is 5.69 Å². The number of carbonyl (C=O) groups is 1. The van der Waals surface area contributed by atoms with E-state index in [2.05, 4.69) is 17.4 Å². The zero-order valence-corrected chi connectivity index (χ0v) is 18.9. The Morgan fingerprint density at radius 3 is 2.47 bits per heavy atom. The van der Waals surface area contributed by atoms with Crippen LogP contribution in [0.3, 0.4) is 0 Å². The van der Waals surface area contributed by atoms with Gasteiger partial charge in [-0.25, -0.2) is 4.99 Å². The van der Waals surface area contributed by atoms with E-state index in [0.717, 1.165) is 42.0 Å². The zero-order valence-electron chi connectivity index (χ0n) is 16.5. The number of halogens is 2. The summed E-state index contributed by atoms with van der Waals surface area (Å²) in [6.07, 6.45) is 6.69. The molecule has 1 aliphatic carbocycles. The van der Waals surface area contributed by atoms with Crippen LogP contribution in [-0.4, -0.2) is 28.1 Å². The maximum Gasteiger partial charge on any atom is 0.234 e. The first-order chi connectivity index (χ1) is 14.5. The molecule has 1 amide bonds. The predicted octanol–water partition coefficient (Wildman–Crippen LogP) is 6.62. The Balaban J connectivity index is 1.51. The molecule has 2 aromatic rings. The van der Waals surface area contributed by atoms with Crippen LogP contribution in [-0.2, 0) is 4.79 Å². The Kier molecular flexibility index (Phi) is 6.81. The van der Waals surface area contributed by atoms with Crippen molar-refractivity contribution in [3.05, 3.63) is 64.1 Å². The van der Waals surface area contributed by atoms with Crippen molar-refractivity contribution in [2.75, 3.05) is 11.1 Å². The molecule has 0 radical (unpaired) electrons. The molecule has 1 fully saturated rings. The quantitative estimate of drug-likeness (QED) is 0.558. The van der Waals surface area contributed by atoms with Gasteiger partial charge in [-0.05, 0) is 43.9 Å². The van der Waals surface area contributed by atoms with E-state index in [4.69, 9.17) is 33.2 Å². The number of hydrogen-bond acceptors (Lipinski definition) is 4. The van der Waals surface area contributed by atoms with E-state index in [-0.39, 0.29) is 17.3 Å². The lowest BCUT2D eigenvalue weighted by Crippen LogP contribution is -2.20. The lowest BCUT2D eigenvalue weighted by molar-refractivity contribution is -0.113. The first-order valence-electron chi connectivity index (χ1n) is 10.2. The highest BCUT2D eigenvalue weighted by Crippen LogP contribution is 2.38. The van der Waals surface area contributed by atoms with Gasteiger partial charge in [0, 0.05) is 10.6 Å². The third-order valence-electron chi connectivity index (χ3n) is 5.33. The fourth-order valence-corrected chi connectivity index (χ4v) is 5.05. The van der Waals surface area contributed by atoms with E-state index in [9.17, 15) is 4.79 Å². The van der Waals surface area contributed by atoms with Gasteiger partial charge in [-0.15, -0.1) is 0 Å². The molecule has 1 N–H and O–H groups in total. The maximum atomic E-state index is 12.6. The highest BCUT2D eigenvalue weighted by atomic mass is 35.5. The topological polar surface area (TPSA) is 53.8 Å². The summed E-state index contributed by atoms with van der Waals surface area (Å²) >= 11 is 13.6. The number of hydrogen-bond donors (Lipinski definition) is 1. The molecule has 4 nitrogen and oxygen atoms in total. The number of rotatable bonds is 4. The first-order valence-corrected chi connectivity index (χ1v) is 11.9. The van der Waals surface area contributed by atoms with E-state index in [1.165, 1.54) is 24.6 Å². The standard InChI is InChI=1S/C23H23Cl2N3OS/c24-17-10-11-18(25)19(14-17)26-20(29)15-30-22-21(16-8-4-3-5-9-16)27-23(28-22)12-6-1-2-7-13-23/h3-5,8-11,14H,1-2,6-7,12-13,15H2,(H,26,29). The number of amides is 1. The van der Waals surface area contributed by atoms with Gasteiger partial charge in [-0.1, -0.05) is 78.1 Å². The van der Waals surface area contributed by atoms with Crippen LogP contribution in [0.25, 0.3) is 0 Å². The minimum absolute atomic E-state index is 0.152. The second kappa shape index (κ2) is 9.54. The summed E-state index contributed by atoms with van der Waals surface area (Å²) in [5.74, 6) is 0.0740. The molecule has 0 aromatic heterocycles. The molecule has 0 atom stereocenters. The molecule has 0 saturated heterocycles. The van der Waals surface area contributed by atoms with Crippen LogP contribution in [0, 0.1) is 0 Å². The van der Waals surface area contributed by atoms with Crippen molar-refractivity contribution in [1.82, 2.24) is 0 Å². The molecule has 2 aromatic carbocycles. The van der Waals surface area contributed by atoms with Crippen LogP contribution in [0.1, 0.15) is 44.1 Å². The van der Waals surface area contributed by atoms with Gasteiger partial charge in [0.05, 0.1) is 22.2 Å². The van der Waals surface area contributed by atoms with Gasteiger partial charge < -0.3 is 5.32 Å². The summed E-state index contributed by atoms with van der Waals surface area (Å²) in [4.78, 5) is 22.7. The summed E-state index contributed by atoms with van der Waals surface area (Å²) in [5, 5.41) is 4.67. The molecule has 30 heavy (non-hydrogen) atoms. The molecule has 1 heterocycles. The first kappa shape index (κ1) is 21.4. The second-order valence-electron chi connectivity index (χ2n) is 7.60. The van der Waals surface area contributed by atoms with Crippen LogP contribution in [0.5, 0.6) is 0 Å². The van der Waals surface area contributed by atoms with Crippen LogP contribution in [0.15, 0.2) is 58.5 Å². The van der Waals surface area contributed by atoms with E-state index in [1.54, 1.807) is 18.2 Å². The second-order valence-corrected chi connectivity index (χ2v) is 9.41. The lowest BCUT2D eigenvalue weighted by Gasteiger charge is -2.20. The number of thioether (sulfide) groups is 1. The van der Waals surface area contributed by atoms with Crippen molar-refractivity contribution in [3.63, 3.8) is 0 Å². The molecule has 0 unspecified atom stereocenters. The van der Waals surface area contributed by atoms with Gasteiger partial charge in [0.25, 0.3) is 0 Å². The van der Waals surface area contributed by atoms with Gasteiger partial charge in [0.2, 0.25) is 5.91 Å². The smallest absolute Gasteiger partial charge is 0.234 e. The number of benzene rings is 2. The van der Waals surface area contributed by atoms with Crippen LogP contribution >= 0.6 is 35.0 Å². The largest absolute Gasteiger partial charge is 0.324 e. The van der Waals surface area contributed by atoms with Gasteiger partial charge in [-0.3, -0.25) is 9.79 Å². The van der Waals surface area contributed by atoms with E-state index in [1.807, 2.05) is 18.2 Å². The lowest BCUT2D eigenvalue weighted by atomic mass is 10.0. The zero-order chi connectivity index (χ0) is 21.0. The molecular weight excluding hydrogens is 437 g/mol. The average molecular weight is 460 g/mol. The summed E-state index contributed by atoms with van der Waals surface area (Å²) in [7, 11) is 0.